The number of para-hydroxylation sites is 1. The Morgan fingerprint density at radius 3 is 2.29 bits per heavy atom. The van der Waals surface area contributed by atoms with Crippen LogP contribution in [-0.2, 0) is 6.54 Å². The number of aromatic nitrogens is 2. The summed E-state index contributed by atoms with van der Waals surface area (Å²) in [5, 5.41) is 0. The maximum absolute atomic E-state index is 4.97. The van der Waals surface area contributed by atoms with Gasteiger partial charge in [-0.05, 0) is 31.0 Å². The van der Waals surface area contributed by atoms with E-state index in [2.05, 4.69) is 91.2 Å². The summed E-state index contributed by atoms with van der Waals surface area (Å²) < 4.78 is 2.32. The molecule has 0 aliphatic heterocycles. The van der Waals surface area contributed by atoms with Crippen LogP contribution in [0.2, 0.25) is 0 Å². The molecular formula is C22H20N2. The van der Waals surface area contributed by atoms with Gasteiger partial charge in [0.25, 0.3) is 0 Å². The fourth-order valence-electron chi connectivity index (χ4n) is 3.14. The first-order chi connectivity index (χ1) is 11.7. The number of imidazole rings is 1. The van der Waals surface area contributed by atoms with Crippen LogP contribution in [0.1, 0.15) is 16.7 Å². The number of aryl methyl sites for hydroxylation is 2. The van der Waals surface area contributed by atoms with E-state index in [4.69, 9.17) is 4.98 Å². The summed E-state index contributed by atoms with van der Waals surface area (Å²) in [6.07, 6.45) is 0. The van der Waals surface area contributed by atoms with Gasteiger partial charge < -0.3 is 4.57 Å². The third-order valence-electron chi connectivity index (χ3n) is 4.47. The summed E-state index contributed by atoms with van der Waals surface area (Å²) in [6, 6.07) is 25.6. The highest BCUT2D eigenvalue weighted by atomic mass is 15.1. The summed E-state index contributed by atoms with van der Waals surface area (Å²) in [6.45, 7) is 5.06. The maximum Gasteiger partial charge on any atom is 0.141 e. The minimum Gasteiger partial charge on any atom is -0.319 e. The summed E-state index contributed by atoms with van der Waals surface area (Å²) in [7, 11) is 0. The molecule has 24 heavy (non-hydrogen) atoms. The van der Waals surface area contributed by atoms with Gasteiger partial charge in [-0.2, -0.15) is 0 Å². The van der Waals surface area contributed by atoms with Crippen LogP contribution in [0.25, 0.3) is 22.4 Å². The van der Waals surface area contributed by atoms with Crippen LogP contribution in [0.3, 0.4) is 0 Å². The lowest BCUT2D eigenvalue weighted by Crippen LogP contribution is -2.02. The molecular weight excluding hydrogens is 292 g/mol. The Kier molecular flexibility index (Phi) is 3.66. The molecule has 0 amide bonds. The van der Waals surface area contributed by atoms with Gasteiger partial charge in [0.1, 0.15) is 5.82 Å². The lowest BCUT2D eigenvalue weighted by Gasteiger charge is -2.10. The number of nitrogens with zero attached hydrogens (tertiary/aromatic N) is 2. The first-order valence-electron chi connectivity index (χ1n) is 8.29. The van der Waals surface area contributed by atoms with Gasteiger partial charge in [0, 0.05) is 12.1 Å². The molecule has 0 N–H and O–H groups in total. The second kappa shape index (κ2) is 5.97. The minimum absolute atomic E-state index is 0.823. The first kappa shape index (κ1) is 14.7. The minimum atomic E-state index is 0.823. The molecule has 0 saturated carbocycles. The zero-order valence-electron chi connectivity index (χ0n) is 14.0. The van der Waals surface area contributed by atoms with Crippen molar-refractivity contribution >= 4 is 11.0 Å². The Morgan fingerprint density at radius 2 is 1.54 bits per heavy atom. The number of rotatable bonds is 3. The van der Waals surface area contributed by atoms with Gasteiger partial charge in [0.15, 0.2) is 0 Å². The van der Waals surface area contributed by atoms with Gasteiger partial charge in [-0.25, -0.2) is 4.98 Å². The molecule has 0 saturated heterocycles. The van der Waals surface area contributed by atoms with Crippen LogP contribution < -0.4 is 0 Å². The normalized spacial score (nSPS) is 11.1. The molecule has 4 aromatic rings. The third kappa shape index (κ3) is 2.61. The monoisotopic (exact) mass is 312 g/mol. The van der Waals surface area contributed by atoms with Gasteiger partial charge in [-0.3, -0.25) is 0 Å². The van der Waals surface area contributed by atoms with Gasteiger partial charge in [0.2, 0.25) is 0 Å². The van der Waals surface area contributed by atoms with Gasteiger partial charge in [-0.1, -0.05) is 72.3 Å². The van der Waals surface area contributed by atoms with Crippen molar-refractivity contribution in [2.75, 3.05) is 0 Å². The molecule has 4 rings (SSSR count). The van der Waals surface area contributed by atoms with E-state index in [1.54, 1.807) is 0 Å². The summed E-state index contributed by atoms with van der Waals surface area (Å²) in [4.78, 5) is 4.97. The lowest BCUT2D eigenvalue weighted by molar-refractivity contribution is 0.834. The van der Waals surface area contributed by atoms with E-state index in [0.717, 1.165) is 23.4 Å². The van der Waals surface area contributed by atoms with E-state index >= 15 is 0 Å². The van der Waals surface area contributed by atoms with E-state index in [-0.39, 0.29) is 0 Å². The molecule has 0 aliphatic rings. The van der Waals surface area contributed by atoms with Gasteiger partial charge in [-0.15, -0.1) is 0 Å². The number of hydrogen-bond acceptors (Lipinski definition) is 1. The Labute approximate surface area is 142 Å². The van der Waals surface area contributed by atoms with Crippen LogP contribution in [0.4, 0.5) is 0 Å². The highest BCUT2D eigenvalue weighted by Crippen LogP contribution is 2.27. The SMILES string of the molecule is Cc1ccc(-c2nc3c(C)cccc3n2Cc2ccccc2)cc1. The topological polar surface area (TPSA) is 17.8 Å². The smallest absolute Gasteiger partial charge is 0.141 e. The van der Waals surface area contributed by atoms with Crippen molar-refractivity contribution < 1.29 is 0 Å². The highest BCUT2D eigenvalue weighted by molar-refractivity contribution is 5.83. The van der Waals surface area contributed by atoms with E-state index in [1.807, 2.05) is 0 Å². The molecule has 1 heterocycles. The van der Waals surface area contributed by atoms with Gasteiger partial charge in [0.05, 0.1) is 11.0 Å². The molecule has 2 nitrogen and oxygen atoms in total. The van der Waals surface area contributed by atoms with Crippen molar-refractivity contribution in [1.29, 1.82) is 0 Å². The van der Waals surface area contributed by atoms with Crippen LogP contribution in [0.5, 0.6) is 0 Å². The molecule has 0 bridgehead atoms. The largest absolute Gasteiger partial charge is 0.319 e. The van der Waals surface area contributed by atoms with E-state index in [9.17, 15) is 0 Å². The van der Waals surface area contributed by atoms with Crippen molar-refractivity contribution in [3.05, 3.63) is 89.5 Å². The summed E-state index contributed by atoms with van der Waals surface area (Å²) in [5.74, 6) is 1.03. The zero-order chi connectivity index (χ0) is 16.5. The summed E-state index contributed by atoms with van der Waals surface area (Å²) >= 11 is 0. The number of benzene rings is 3. The van der Waals surface area contributed by atoms with E-state index in [1.165, 1.54) is 22.2 Å². The van der Waals surface area contributed by atoms with Crippen LogP contribution in [0.15, 0.2) is 72.8 Å². The van der Waals surface area contributed by atoms with Crippen LogP contribution in [0, 0.1) is 13.8 Å². The van der Waals surface area contributed by atoms with Crippen LogP contribution >= 0.6 is 0 Å². The standard InChI is InChI=1S/C22H20N2/c1-16-11-13-19(14-12-16)22-23-21-17(2)7-6-10-20(21)24(22)15-18-8-4-3-5-9-18/h3-14H,15H2,1-2H3. The van der Waals surface area contributed by atoms with Crippen molar-refractivity contribution in [2.45, 2.75) is 20.4 Å². The first-order valence-corrected chi connectivity index (χ1v) is 8.29. The average Bonchev–Trinajstić information content (AvgIpc) is 2.97. The predicted molar refractivity (Wildman–Crippen MR) is 100 cm³/mol. The highest BCUT2D eigenvalue weighted by Gasteiger charge is 2.14. The lowest BCUT2D eigenvalue weighted by atomic mass is 10.1. The summed E-state index contributed by atoms with van der Waals surface area (Å²) in [5.41, 5.74) is 7.20. The molecule has 1 aromatic heterocycles. The fraction of sp³-hybridized carbons (Fsp3) is 0.136. The number of fused-ring (bicyclic) bond motifs is 1. The molecule has 118 valence electrons. The molecule has 0 radical (unpaired) electrons. The Balaban J connectivity index is 1.93. The van der Waals surface area contributed by atoms with Crippen LogP contribution in [-0.4, -0.2) is 9.55 Å². The Hall–Kier alpha value is -2.87. The molecule has 0 spiro atoms. The molecule has 3 aromatic carbocycles. The Bertz CT molecular complexity index is 980. The quantitative estimate of drug-likeness (QED) is 0.497. The Morgan fingerprint density at radius 1 is 0.792 bits per heavy atom. The molecule has 0 aliphatic carbocycles. The van der Waals surface area contributed by atoms with Crippen molar-refractivity contribution in [3.63, 3.8) is 0 Å². The number of hydrogen-bond donors (Lipinski definition) is 0. The van der Waals surface area contributed by atoms with E-state index in [0.29, 0.717) is 0 Å². The van der Waals surface area contributed by atoms with E-state index < -0.39 is 0 Å². The second-order valence-electron chi connectivity index (χ2n) is 6.32. The molecule has 0 unspecified atom stereocenters. The third-order valence-corrected chi connectivity index (χ3v) is 4.47. The van der Waals surface area contributed by atoms with Gasteiger partial charge >= 0.3 is 0 Å². The van der Waals surface area contributed by atoms with Crippen molar-refractivity contribution in [2.24, 2.45) is 0 Å². The molecule has 0 fully saturated rings. The van der Waals surface area contributed by atoms with Crippen molar-refractivity contribution in [1.82, 2.24) is 9.55 Å². The fourth-order valence-corrected chi connectivity index (χ4v) is 3.14. The molecule has 2 heteroatoms. The van der Waals surface area contributed by atoms with Crippen molar-refractivity contribution in [3.8, 4) is 11.4 Å². The molecule has 0 atom stereocenters. The average molecular weight is 312 g/mol. The zero-order valence-corrected chi connectivity index (χ0v) is 14.0. The second-order valence-corrected chi connectivity index (χ2v) is 6.32. The predicted octanol–water partition coefficient (Wildman–Crippen LogP) is 5.37. The maximum atomic E-state index is 4.97.